The summed E-state index contributed by atoms with van der Waals surface area (Å²) in [5.41, 5.74) is 4.53. The zero-order chi connectivity index (χ0) is 20.8. The highest BCUT2D eigenvalue weighted by Gasteiger charge is 2.27. The van der Waals surface area contributed by atoms with Gasteiger partial charge in [-0.1, -0.05) is 6.07 Å². The van der Waals surface area contributed by atoms with Crippen molar-refractivity contribution in [2.24, 2.45) is 7.05 Å². The molecule has 8 nitrogen and oxygen atoms in total. The van der Waals surface area contributed by atoms with E-state index in [1.807, 2.05) is 42.2 Å². The predicted molar refractivity (Wildman–Crippen MR) is 112 cm³/mol. The van der Waals surface area contributed by atoms with Crippen LogP contribution in [0.4, 0.5) is 0 Å². The quantitative estimate of drug-likeness (QED) is 0.534. The first-order valence-corrected chi connectivity index (χ1v) is 9.72. The van der Waals surface area contributed by atoms with Gasteiger partial charge in [-0.15, -0.1) is 0 Å². The van der Waals surface area contributed by atoms with Gasteiger partial charge in [0.15, 0.2) is 0 Å². The molecule has 30 heavy (non-hydrogen) atoms. The summed E-state index contributed by atoms with van der Waals surface area (Å²) >= 11 is 0. The van der Waals surface area contributed by atoms with Crippen LogP contribution in [-0.2, 0) is 7.05 Å². The Morgan fingerprint density at radius 1 is 1.23 bits per heavy atom. The molecule has 2 heterocycles. The van der Waals surface area contributed by atoms with Crippen LogP contribution in [0.3, 0.4) is 0 Å². The number of rotatable bonds is 5. The van der Waals surface area contributed by atoms with E-state index >= 15 is 0 Å². The lowest BCUT2D eigenvalue weighted by Gasteiger charge is -2.14. The normalized spacial score (nSPS) is 13.5. The minimum Gasteiger partial charge on any atom is -0.507 e. The molecule has 2 aromatic heterocycles. The SMILES string of the molecule is COc1cc(-n2cnc3cc(-c4cnn(C)c4)ccc32)cc(O)c1C(=O)NC1CC1. The number of phenols is 1. The summed E-state index contributed by atoms with van der Waals surface area (Å²) < 4.78 is 9.03. The fourth-order valence-electron chi connectivity index (χ4n) is 3.57. The van der Waals surface area contributed by atoms with Crippen LogP contribution in [0.5, 0.6) is 11.5 Å². The second-order valence-corrected chi connectivity index (χ2v) is 7.51. The molecule has 0 aliphatic heterocycles. The van der Waals surface area contributed by atoms with E-state index in [2.05, 4.69) is 15.4 Å². The smallest absolute Gasteiger partial charge is 0.259 e. The third-order valence-electron chi connectivity index (χ3n) is 5.29. The van der Waals surface area contributed by atoms with Crippen molar-refractivity contribution in [3.63, 3.8) is 0 Å². The van der Waals surface area contributed by atoms with Gasteiger partial charge in [-0.3, -0.25) is 14.0 Å². The number of imidazole rings is 1. The van der Waals surface area contributed by atoms with E-state index in [0.717, 1.165) is 35.0 Å². The highest BCUT2D eigenvalue weighted by Crippen LogP contribution is 2.34. The van der Waals surface area contributed by atoms with Gasteiger partial charge in [0.25, 0.3) is 5.91 Å². The van der Waals surface area contributed by atoms with Crippen LogP contribution in [0.25, 0.3) is 27.8 Å². The number of aryl methyl sites for hydroxylation is 1. The first-order chi connectivity index (χ1) is 14.5. The molecule has 1 amide bonds. The highest BCUT2D eigenvalue weighted by atomic mass is 16.5. The maximum Gasteiger partial charge on any atom is 0.259 e. The third kappa shape index (κ3) is 3.16. The second-order valence-electron chi connectivity index (χ2n) is 7.51. The molecule has 152 valence electrons. The summed E-state index contributed by atoms with van der Waals surface area (Å²) in [6.45, 7) is 0. The molecule has 5 rings (SSSR count). The molecule has 1 fully saturated rings. The number of nitrogens with zero attached hydrogens (tertiary/aromatic N) is 4. The number of hydrogen-bond donors (Lipinski definition) is 2. The van der Waals surface area contributed by atoms with Gasteiger partial charge in [0, 0.05) is 37.0 Å². The Balaban J connectivity index is 1.54. The molecule has 0 unspecified atom stereocenters. The third-order valence-corrected chi connectivity index (χ3v) is 5.29. The van der Waals surface area contributed by atoms with Gasteiger partial charge in [0.1, 0.15) is 23.4 Å². The average Bonchev–Trinajstić information content (AvgIpc) is 3.27. The van der Waals surface area contributed by atoms with Gasteiger partial charge >= 0.3 is 0 Å². The van der Waals surface area contributed by atoms with Gasteiger partial charge in [-0.05, 0) is 30.5 Å². The van der Waals surface area contributed by atoms with E-state index < -0.39 is 0 Å². The summed E-state index contributed by atoms with van der Waals surface area (Å²) in [6.07, 6.45) is 7.39. The maximum atomic E-state index is 12.5. The van der Waals surface area contributed by atoms with Gasteiger partial charge in [0.2, 0.25) is 0 Å². The van der Waals surface area contributed by atoms with E-state index in [1.165, 1.54) is 7.11 Å². The first kappa shape index (κ1) is 18.2. The molecular formula is C22H21N5O3. The van der Waals surface area contributed by atoms with Crippen molar-refractivity contribution in [2.45, 2.75) is 18.9 Å². The number of phenolic OH excluding ortho intramolecular Hbond substituents is 1. The number of hydrogen-bond acceptors (Lipinski definition) is 5. The molecule has 0 bridgehead atoms. The summed E-state index contributed by atoms with van der Waals surface area (Å²) in [5.74, 6) is -0.136. The van der Waals surface area contributed by atoms with Crippen molar-refractivity contribution >= 4 is 16.9 Å². The van der Waals surface area contributed by atoms with Gasteiger partial charge < -0.3 is 15.2 Å². The van der Waals surface area contributed by atoms with Crippen LogP contribution >= 0.6 is 0 Å². The Hall–Kier alpha value is -3.81. The summed E-state index contributed by atoms with van der Waals surface area (Å²) in [7, 11) is 3.36. The molecular weight excluding hydrogens is 382 g/mol. The monoisotopic (exact) mass is 403 g/mol. The van der Waals surface area contributed by atoms with Crippen molar-refractivity contribution in [3.05, 3.63) is 54.6 Å². The molecule has 0 saturated heterocycles. The summed E-state index contributed by atoms with van der Waals surface area (Å²) in [5, 5.41) is 17.7. The molecule has 1 aliphatic rings. The first-order valence-electron chi connectivity index (χ1n) is 9.72. The van der Waals surface area contributed by atoms with Crippen LogP contribution < -0.4 is 10.1 Å². The topological polar surface area (TPSA) is 94.2 Å². The standard InChI is InChI=1S/C22H21N5O3/c1-26-11-14(10-24-26)13-3-6-18-17(7-13)23-12-27(18)16-8-19(28)21(20(9-16)30-2)22(29)25-15-4-5-15/h3,6-12,15,28H,4-5H2,1-2H3,(H,25,29). The molecule has 2 N–H and O–H groups in total. The fourth-order valence-corrected chi connectivity index (χ4v) is 3.57. The largest absolute Gasteiger partial charge is 0.507 e. The molecule has 1 saturated carbocycles. The Morgan fingerprint density at radius 2 is 2.07 bits per heavy atom. The number of carbonyl (C=O) groups excluding carboxylic acids is 1. The Kier molecular flexibility index (Phi) is 4.20. The van der Waals surface area contributed by atoms with Crippen molar-refractivity contribution in [1.82, 2.24) is 24.6 Å². The Morgan fingerprint density at radius 3 is 2.77 bits per heavy atom. The summed E-state index contributed by atoms with van der Waals surface area (Å²) in [6, 6.07) is 9.46. The highest BCUT2D eigenvalue weighted by molar-refractivity contribution is 6.00. The number of methoxy groups -OCH3 is 1. The number of benzene rings is 2. The maximum absolute atomic E-state index is 12.5. The van der Waals surface area contributed by atoms with E-state index in [9.17, 15) is 9.90 Å². The molecule has 1 aliphatic carbocycles. The lowest BCUT2D eigenvalue weighted by atomic mass is 10.1. The van der Waals surface area contributed by atoms with Crippen LogP contribution in [0, 0.1) is 0 Å². The van der Waals surface area contributed by atoms with Crippen LogP contribution in [-0.4, -0.2) is 43.5 Å². The van der Waals surface area contributed by atoms with E-state index in [1.54, 1.807) is 23.1 Å². The molecule has 8 heteroatoms. The number of carbonyl (C=O) groups is 1. The van der Waals surface area contributed by atoms with Crippen LogP contribution in [0.15, 0.2) is 49.1 Å². The predicted octanol–water partition coefficient (Wildman–Crippen LogP) is 3.03. The lowest BCUT2D eigenvalue weighted by Crippen LogP contribution is -2.26. The molecule has 0 atom stereocenters. The Bertz CT molecular complexity index is 1270. The fraction of sp³-hybridized carbons (Fsp3) is 0.227. The number of aromatic hydroxyl groups is 1. The van der Waals surface area contributed by atoms with E-state index in [4.69, 9.17) is 4.74 Å². The number of aromatic nitrogens is 4. The number of fused-ring (bicyclic) bond motifs is 1. The molecule has 0 spiro atoms. The van der Waals surface area contributed by atoms with Crippen molar-refractivity contribution in [2.75, 3.05) is 7.11 Å². The van der Waals surface area contributed by atoms with Gasteiger partial charge in [-0.25, -0.2) is 4.98 Å². The number of amides is 1. The minimum absolute atomic E-state index is 0.128. The molecule has 4 aromatic rings. The van der Waals surface area contributed by atoms with Crippen molar-refractivity contribution < 1.29 is 14.6 Å². The number of nitrogens with one attached hydrogen (secondary N) is 1. The Labute approximate surface area is 172 Å². The molecule has 0 radical (unpaired) electrons. The van der Waals surface area contributed by atoms with Crippen molar-refractivity contribution in [3.8, 4) is 28.3 Å². The van der Waals surface area contributed by atoms with Crippen molar-refractivity contribution in [1.29, 1.82) is 0 Å². The zero-order valence-electron chi connectivity index (χ0n) is 16.7. The zero-order valence-corrected chi connectivity index (χ0v) is 16.7. The number of ether oxygens (including phenoxy) is 1. The average molecular weight is 403 g/mol. The van der Waals surface area contributed by atoms with Crippen LogP contribution in [0.2, 0.25) is 0 Å². The van der Waals surface area contributed by atoms with Crippen LogP contribution in [0.1, 0.15) is 23.2 Å². The summed E-state index contributed by atoms with van der Waals surface area (Å²) in [4.78, 5) is 17.0. The van der Waals surface area contributed by atoms with Gasteiger partial charge in [0.05, 0.1) is 30.0 Å². The minimum atomic E-state index is -0.324. The van der Waals surface area contributed by atoms with Gasteiger partial charge in [-0.2, -0.15) is 5.10 Å². The lowest BCUT2D eigenvalue weighted by molar-refractivity contribution is 0.0945. The van der Waals surface area contributed by atoms with E-state index in [-0.39, 0.29) is 23.3 Å². The molecule has 2 aromatic carbocycles. The second kappa shape index (κ2) is 6.91. The van der Waals surface area contributed by atoms with E-state index in [0.29, 0.717) is 11.4 Å².